The predicted molar refractivity (Wildman–Crippen MR) is 59.9 cm³/mol. The second-order valence-electron chi connectivity index (χ2n) is 2.27. The number of hydrogen-bond donors (Lipinski definition) is 0. The Bertz CT molecular complexity index is 137. The molecule has 0 fully saturated rings. The van der Waals surface area contributed by atoms with Crippen LogP contribution in [0.3, 0.4) is 0 Å². The molecule has 0 saturated carbocycles. The largest absolute Gasteiger partial charge is 0.300 e. The van der Waals surface area contributed by atoms with Crippen molar-refractivity contribution in [3.63, 3.8) is 0 Å². The molecular weight excluding hydrogens is 164 g/mol. The Morgan fingerprint density at radius 2 is 1.54 bits per heavy atom. The van der Waals surface area contributed by atoms with Gasteiger partial charge in [-0.3, -0.25) is 4.79 Å². The maximum atomic E-state index is 10.0. The van der Waals surface area contributed by atoms with Crippen LogP contribution in [0.15, 0.2) is 12.7 Å². The molecule has 0 N–H and O–H groups in total. The highest BCUT2D eigenvalue weighted by atomic mass is 16.1. The summed E-state index contributed by atoms with van der Waals surface area (Å²) in [7, 11) is 0. The fourth-order valence-electron chi connectivity index (χ4n) is 0.352. The molecule has 0 aliphatic rings. The van der Waals surface area contributed by atoms with Gasteiger partial charge in [-0.15, -0.1) is 0 Å². The third-order valence-electron chi connectivity index (χ3n) is 0.890. The van der Waals surface area contributed by atoms with Crippen LogP contribution in [-0.4, -0.2) is 11.6 Å². The molecule has 0 atom stereocenters. The number of carbonyl (C=O) groups excluding carboxylic acids is 2. The second kappa shape index (κ2) is 17.2. The van der Waals surface area contributed by atoms with Crippen molar-refractivity contribution in [2.75, 3.05) is 0 Å². The highest BCUT2D eigenvalue weighted by Crippen LogP contribution is 1.84. The number of allylic oxidation sites excluding steroid dienone is 1. The Kier molecular flexibility index (Phi) is 30.1. The SMILES string of the molecule is C.C.C=CC(C)=O.CCCC(C)=O. The smallest absolute Gasteiger partial charge is 0.152 e. The normalized spacial score (nSPS) is 6.38. The summed E-state index contributed by atoms with van der Waals surface area (Å²) >= 11 is 0. The lowest BCUT2D eigenvalue weighted by atomic mass is 10.3. The molecule has 0 rings (SSSR count). The highest BCUT2D eigenvalue weighted by Gasteiger charge is 1.83. The van der Waals surface area contributed by atoms with E-state index >= 15 is 0 Å². The zero-order valence-electron chi connectivity index (χ0n) is 7.52. The van der Waals surface area contributed by atoms with Gasteiger partial charge >= 0.3 is 0 Å². The number of Topliss-reactive ketones (excluding diaryl/α,β-unsaturated/α-hetero) is 1. The fraction of sp³-hybridized carbons (Fsp3) is 0.636. The van der Waals surface area contributed by atoms with Crippen molar-refractivity contribution in [3.8, 4) is 0 Å². The van der Waals surface area contributed by atoms with E-state index in [2.05, 4.69) is 6.58 Å². The maximum absolute atomic E-state index is 10.0. The summed E-state index contributed by atoms with van der Waals surface area (Å²) in [5, 5.41) is 0. The molecule has 13 heavy (non-hydrogen) atoms. The van der Waals surface area contributed by atoms with E-state index in [1.807, 2.05) is 6.92 Å². The molecule has 0 saturated heterocycles. The van der Waals surface area contributed by atoms with Gasteiger partial charge in [-0.2, -0.15) is 0 Å². The van der Waals surface area contributed by atoms with Crippen molar-refractivity contribution < 1.29 is 9.59 Å². The Labute approximate surface area is 83.0 Å². The lowest BCUT2D eigenvalue weighted by Gasteiger charge is -1.80. The van der Waals surface area contributed by atoms with Crippen LogP contribution in [0.1, 0.15) is 48.5 Å². The molecule has 0 aromatic carbocycles. The predicted octanol–water partition coefficient (Wildman–Crippen LogP) is 3.41. The number of carbonyl (C=O) groups is 2. The number of rotatable bonds is 3. The molecule has 0 heterocycles. The zero-order chi connectivity index (χ0) is 9.28. The summed E-state index contributed by atoms with van der Waals surface area (Å²) in [6.45, 7) is 8.29. The first-order valence-electron chi connectivity index (χ1n) is 3.67. The molecule has 0 aromatic rings. The van der Waals surface area contributed by atoms with Crippen molar-refractivity contribution in [1.82, 2.24) is 0 Å². The van der Waals surface area contributed by atoms with E-state index in [1.54, 1.807) is 6.92 Å². The van der Waals surface area contributed by atoms with Crippen LogP contribution in [0.25, 0.3) is 0 Å². The summed E-state index contributed by atoms with van der Waals surface area (Å²) in [4.78, 5) is 19.7. The van der Waals surface area contributed by atoms with Gasteiger partial charge in [0, 0.05) is 6.42 Å². The summed E-state index contributed by atoms with van der Waals surface area (Å²) in [6.07, 6.45) is 3.00. The number of hydrogen-bond acceptors (Lipinski definition) is 2. The lowest BCUT2D eigenvalue weighted by molar-refractivity contribution is -0.117. The molecule has 0 unspecified atom stereocenters. The molecule has 0 radical (unpaired) electrons. The van der Waals surface area contributed by atoms with Crippen LogP contribution in [0.4, 0.5) is 0 Å². The minimum absolute atomic E-state index is 0. The van der Waals surface area contributed by atoms with Crippen LogP contribution in [0, 0.1) is 0 Å². The van der Waals surface area contributed by atoms with Crippen LogP contribution in [0.2, 0.25) is 0 Å². The zero-order valence-corrected chi connectivity index (χ0v) is 7.52. The third-order valence-corrected chi connectivity index (χ3v) is 0.890. The maximum Gasteiger partial charge on any atom is 0.152 e. The molecule has 0 aromatic heterocycles. The summed E-state index contributed by atoms with van der Waals surface area (Å²) in [5.41, 5.74) is 0. The molecule has 80 valence electrons. The third kappa shape index (κ3) is 54.9. The standard InChI is InChI=1S/C5H10O.C4H6O.2CH4/c1-3-4-5(2)6;1-3-4(2)5;;/h3-4H2,1-2H3;3H,1H2,2H3;2*1H4. The number of ketones is 2. The molecule has 0 spiro atoms. The first-order valence-corrected chi connectivity index (χ1v) is 3.67. The topological polar surface area (TPSA) is 34.1 Å². The minimum atomic E-state index is 0. The van der Waals surface area contributed by atoms with Gasteiger partial charge in [0.1, 0.15) is 5.78 Å². The first-order chi connectivity index (χ1) is 5.04. The summed E-state index contributed by atoms with van der Waals surface area (Å²) in [5.74, 6) is 0.308. The fourth-order valence-corrected chi connectivity index (χ4v) is 0.352. The van der Waals surface area contributed by atoms with E-state index in [0.717, 1.165) is 12.8 Å². The van der Waals surface area contributed by atoms with E-state index in [4.69, 9.17) is 0 Å². The molecule has 0 aliphatic heterocycles. The quantitative estimate of drug-likeness (QED) is 0.636. The van der Waals surface area contributed by atoms with E-state index in [-0.39, 0.29) is 26.4 Å². The van der Waals surface area contributed by atoms with Crippen molar-refractivity contribution in [2.24, 2.45) is 0 Å². The Morgan fingerprint density at radius 3 is 1.54 bits per heavy atom. The Hall–Kier alpha value is -0.920. The van der Waals surface area contributed by atoms with Crippen molar-refractivity contribution in [3.05, 3.63) is 12.7 Å². The van der Waals surface area contributed by atoms with Crippen LogP contribution < -0.4 is 0 Å². The minimum Gasteiger partial charge on any atom is -0.300 e. The summed E-state index contributed by atoms with van der Waals surface area (Å²) < 4.78 is 0. The Morgan fingerprint density at radius 1 is 1.23 bits per heavy atom. The van der Waals surface area contributed by atoms with Crippen molar-refractivity contribution in [2.45, 2.75) is 48.5 Å². The van der Waals surface area contributed by atoms with Gasteiger partial charge in [0.2, 0.25) is 0 Å². The van der Waals surface area contributed by atoms with E-state index in [1.165, 1.54) is 13.0 Å². The monoisotopic (exact) mass is 188 g/mol. The van der Waals surface area contributed by atoms with Crippen molar-refractivity contribution in [1.29, 1.82) is 0 Å². The average Bonchev–Trinajstić information content (AvgIpc) is 1.89. The van der Waals surface area contributed by atoms with Gasteiger partial charge in [0.15, 0.2) is 5.78 Å². The van der Waals surface area contributed by atoms with Gasteiger partial charge in [-0.1, -0.05) is 28.4 Å². The molecule has 0 aliphatic carbocycles. The van der Waals surface area contributed by atoms with E-state index < -0.39 is 0 Å². The first kappa shape index (κ1) is 22.7. The summed E-state index contributed by atoms with van der Waals surface area (Å²) in [6, 6.07) is 0. The molecule has 2 nitrogen and oxygen atoms in total. The second-order valence-corrected chi connectivity index (χ2v) is 2.27. The average molecular weight is 188 g/mol. The molecule has 2 heteroatoms. The van der Waals surface area contributed by atoms with Crippen LogP contribution >= 0.6 is 0 Å². The Balaban J connectivity index is -0.0000000546. The van der Waals surface area contributed by atoms with Gasteiger partial charge < -0.3 is 4.79 Å². The molecule has 0 bridgehead atoms. The van der Waals surface area contributed by atoms with Crippen molar-refractivity contribution >= 4 is 11.6 Å². The van der Waals surface area contributed by atoms with Gasteiger partial charge in [-0.25, -0.2) is 0 Å². The van der Waals surface area contributed by atoms with Crippen LogP contribution in [0.5, 0.6) is 0 Å². The van der Waals surface area contributed by atoms with E-state index in [9.17, 15) is 9.59 Å². The highest BCUT2D eigenvalue weighted by molar-refractivity contribution is 5.86. The molecule has 0 amide bonds. The van der Waals surface area contributed by atoms with E-state index in [0.29, 0.717) is 0 Å². The van der Waals surface area contributed by atoms with Gasteiger partial charge in [0.25, 0.3) is 0 Å². The van der Waals surface area contributed by atoms with Gasteiger partial charge in [0.05, 0.1) is 0 Å². The van der Waals surface area contributed by atoms with Gasteiger partial charge in [-0.05, 0) is 26.3 Å². The van der Waals surface area contributed by atoms with Crippen LogP contribution in [-0.2, 0) is 9.59 Å². The lowest BCUT2D eigenvalue weighted by Crippen LogP contribution is -1.84. The molecular formula is C11H24O2.